The second-order valence-corrected chi connectivity index (χ2v) is 7.71. The minimum absolute atomic E-state index is 0.0378. The van der Waals surface area contributed by atoms with Gasteiger partial charge in [0, 0.05) is 22.2 Å². The number of halogens is 4. The molecule has 2 aromatic rings. The Labute approximate surface area is 166 Å². The number of hydrogen-bond donors (Lipinski definition) is 1. The van der Waals surface area contributed by atoms with Gasteiger partial charge in [-0.1, -0.05) is 53.8 Å². The maximum Gasteiger partial charge on any atom is 0.409 e. The molecule has 1 fully saturated rings. The summed E-state index contributed by atoms with van der Waals surface area (Å²) in [6.45, 7) is 0. The lowest BCUT2D eigenvalue weighted by Gasteiger charge is -2.42. The van der Waals surface area contributed by atoms with Crippen LogP contribution in [0.1, 0.15) is 24.0 Å². The number of alkyl halides is 3. The van der Waals surface area contributed by atoms with Crippen LogP contribution in [0.25, 0.3) is 0 Å². The van der Waals surface area contributed by atoms with E-state index in [0.29, 0.717) is 5.56 Å². The average Bonchev–Trinajstić information content (AvgIpc) is 3.46. The Hall–Kier alpha value is -2.45. The van der Waals surface area contributed by atoms with Crippen molar-refractivity contribution in [2.45, 2.75) is 30.9 Å². The Balaban J connectivity index is 1.94. The Morgan fingerprint density at radius 3 is 2.50 bits per heavy atom. The highest BCUT2D eigenvalue weighted by molar-refractivity contribution is 6.30. The van der Waals surface area contributed by atoms with Crippen molar-refractivity contribution in [3.8, 4) is 11.8 Å². The molecule has 144 valence electrons. The predicted octanol–water partition coefficient (Wildman–Crippen LogP) is 5.36. The lowest BCUT2D eigenvalue weighted by atomic mass is 9.65. The van der Waals surface area contributed by atoms with Gasteiger partial charge in [0.1, 0.15) is 0 Å². The standard InChI is InChI=1S/C22H17ClF3NO/c23-16-8-9-19-17(13-16)21(22(24,25)26,11-10-14-6-7-14)18(20(28)27-19)12-15-4-2-1-3-5-15/h1-5,8-9,13-14,18H,6-7,12H2,(H,27,28). The minimum Gasteiger partial charge on any atom is -0.325 e. The van der Waals surface area contributed by atoms with E-state index in [4.69, 9.17) is 11.6 Å². The molecule has 2 nitrogen and oxygen atoms in total. The van der Waals surface area contributed by atoms with Crippen molar-refractivity contribution in [1.82, 2.24) is 0 Å². The highest BCUT2D eigenvalue weighted by Crippen LogP contribution is 2.53. The maximum absolute atomic E-state index is 14.7. The molecule has 2 aliphatic rings. The molecule has 4 rings (SSSR count). The van der Waals surface area contributed by atoms with E-state index in [1.807, 2.05) is 0 Å². The van der Waals surface area contributed by atoms with Crippen LogP contribution in [0.5, 0.6) is 0 Å². The highest BCUT2D eigenvalue weighted by atomic mass is 35.5. The zero-order chi connectivity index (χ0) is 19.9. The van der Waals surface area contributed by atoms with Gasteiger partial charge in [-0.3, -0.25) is 4.79 Å². The molecule has 2 atom stereocenters. The molecule has 0 radical (unpaired) electrons. The van der Waals surface area contributed by atoms with Crippen molar-refractivity contribution < 1.29 is 18.0 Å². The Bertz CT molecular complexity index is 973. The van der Waals surface area contributed by atoms with E-state index < -0.39 is 23.4 Å². The fourth-order valence-electron chi connectivity index (χ4n) is 3.67. The number of fused-ring (bicyclic) bond motifs is 1. The van der Waals surface area contributed by atoms with Crippen molar-refractivity contribution in [3.05, 3.63) is 64.7 Å². The predicted molar refractivity (Wildman–Crippen MR) is 102 cm³/mol. The molecule has 1 amide bonds. The zero-order valence-electron chi connectivity index (χ0n) is 14.8. The summed E-state index contributed by atoms with van der Waals surface area (Å²) in [7, 11) is 0. The number of carbonyl (C=O) groups is 1. The molecule has 0 aromatic heterocycles. The number of anilines is 1. The molecule has 2 unspecified atom stereocenters. The van der Waals surface area contributed by atoms with E-state index in [-0.39, 0.29) is 28.6 Å². The summed E-state index contributed by atoms with van der Waals surface area (Å²) in [5.41, 5.74) is -1.93. The molecule has 0 spiro atoms. The number of carbonyl (C=O) groups excluding carboxylic acids is 1. The second-order valence-electron chi connectivity index (χ2n) is 7.27. The summed E-state index contributed by atoms with van der Waals surface area (Å²) in [4.78, 5) is 12.9. The maximum atomic E-state index is 14.7. The third-order valence-corrected chi connectivity index (χ3v) is 5.52. The van der Waals surface area contributed by atoms with Crippen LogP contribution >= 0.6 is 11.6 Å². The molecule has 1 aliphatic heterocycles. The number of nitrogens with one attached hydrogen (secondary N) is 1. The molecular weight excluding hydrogens is 387 g/mol. The van der Waals surface area contributed by atoms with Crippen LogP contribution in [0.2, 0.25) is 5.02 Å². The van der Waals surface area contributed by atoms with Gasteiger partial charge in [0.15, 0.2) is 5.41 Å². The van der Waals surface area contributed by atoms with Gasteiger partial charge >= 0.3 is 6.18 Å². The van der Waals surface area contributed by atoms with Crippen LogP contribution in [-0.2, 0) is 16.6 Å². The van der Waals surface area contributed by atoms with Crippen LogP contribution in [0.3, 0.4) is 0 Å². The molecule has 6 heteroatoms. The van der Waals surface area contributed by atoms with Crippen molar-refractivity contribution in [2.75, 3.05) is 5.32 Å². The molecule has 1 N–H and O–H groups in total. The van der Waals surface area contributed by atoms with Gasteiger partial charge in [-0.15, -0.1) is 0 Å². The first kappa shape index (κ1) is 18.9. The average molecular weight is 404 g/mol. The normalized spacial score (nSPS) is 24.0. The molecule has 1 saturated carbocycles. The monoisotopic (exact) mass is 403 g/mol. The first-order chi connectivity index (χ1) is 13.3. The second kappa shape index (κ2) is 6.86. The largest absolute Gasteiger partial charge is 0.409 e. The van der Waals surface area contributed by atoms with Crippen LogP contribution in [0, 0.1) is 23.7 Å². The van der Waals surface area contributed by atoms with E-state index in [0.717, 1.165) is 12.8 Å². The Kier molecular flexibility index (Phi) is 4.63. The number of hydrogen-bond acceptors (Lipinski definition) is 1. The Morgan fingerprint density at radius 1 is 1.14 bits per heavy atom. The van der Waals surface area contributed by atoms with E-state index in [1.165, 1.54) is 18.2 Å². The van der Waals surface area contributed by atoms with E-state index in [2.05, 4.69) is 17.2 Å². The number of benzene rings is 2. The summed E-state index contributed by atoms with van der Waals surface area (Å²) in [6.07, 6.45) is -3.24. The van der Waals surface area contributed by atoms with Gasteiger partial charge in [0.05, 0.1) is 5.92 Å². The van der Waals surface area contributed by atoms with Gasteiger partial charge in [-0.25, -0.2) is 0 Å². The van der Waals surface area contributed by atoms with Crippen molar-refractivity contribution in [3.63, 3.8) is 0 Å². The van der Waals surface area contributed by atoms with Crippen LogP contribution in [0.15, 0.2) is 48.5 Å². The van der Waals surface area contributed by atoms with E-state index >= 15 is 0 Å². The van der Waals surface area contributed by atoms with Gasteiger partial charge in [0.2, 0.25) is 5.91 Å². The van der Waals surface area contributed by atoms with E-state index in [9.17, 15) is 18.0 Å². The molecule has 2 aromatic carbocycles. The first-order valence-corrected chi connectivity index (χ1v) is 9.43. The zero-order valence-corrected chi connectivity index (χ0v) is 15.6. The summed E-state index contributed by atoms with van der Waals surface area (Å²) < 4.78 is 44.0. The van der Waals surface area contributed by atoms with Gasteiger partial charge in [-0.05, 0) is 43.0 Å². The van der Waals surface area contributed by atoms with Crippen molar-refractivity contribution >= 4 is 23.2 Å². The lowest BCUT2D eigenvalue weighted by Crippen LogP contribution is -2.55. The highest BCUT2D eigenvalue weighted by Gasteiger charge is 2.64. The summed E-state index contributed by atoms with van der Waals surface area (Å²) in [5, 5.41) is 2.80. The first-order valence-electron chi connectivity index (χ1n) is 9.05. The van der Waals surface area contributed by atoms with Crippen LogP contribution < -0.4 is 5.32 Å². The van der Waals surface area contributed by atoms with Crippen molar-refractivity contribution in [1.29, 1.82) is 0 Å². The topological polar surface area (TPSA) is 29.1 Å². The third kappa shape index (κ3) is 3.27. The number of amides is 1. The molecule has 0 saturated heterocycles. The third-order valence-electron chi connectivity index (χ3n) is 5.28. The van der Waals surface area contributed by atoms with E-state index in [1.54, 1.807) is 30.3 Å². The molecule has 28 heavy (non-hydrogen) atoms. The minimum atomic E-state index is -4.74. The summed E-state index contributed by atoms with van der Waals surface area (Å²) in [5.74, 6) is 3.18. The Morgan fingerprint density at radius 2 is 1.86 bits per heavy atom. The van der Waals surface area contributed by atoms with Gasteiger partial charge < -0.3 is 5.32 Å². The van der Waals surface area contributed by atoms with Crippen molar-refractivity contribution in [2.24, 2.45) is 11.8 Å². The van der Waals surface area contributed by atoms with Gasteiger partial charge in [0.25, 0.3) is 0 Å². The number of rotatable bonds is 2. The van der Waals surface area contributed by atoms with Crippen LogP contribution in [0.4, 0.5) is 18.9 Å². The summed E-state index contributed by atoms with van der Waals surface area (Å²) >= 11 is 6.05. The fraction of sp³-hybridized carbons (Fsp3) is 0.318. The quantitative estimate of drug-likeness (QED) is 0.671. The lowest BCUT2D eigenvalue weighted by molar-refractivity contribution is -0.190. The van der Waals surface area contributed by atoms with Crippen LogP contribution in [-0.4, -0.2) is 12.1 Å². The molecular formula is C22H17ClF3NO. The molecule has 0 bridgehead atoms. The van der Waals surface area contributed by atoms with Gasteiger partial charge in [-0.2, -0.15) is 13.2 Å². The SMILES string of the molecule is O=C1Nc2ccc(Cl)cc2C(C#CC2CC2)(C(F)(F)F)C1Cc1ccccc1. The molecule has 1 aliphatic carbocycles. The molecule has 1 heterocycles. The smallest absolute Gasteiger partial charge is 0.325 e. The fourth-order valence-corrected chi connectivity index (χ4v) is 3.84. The summed E-state index contributed by atoms with van der Waals surface area (Å²) in [6, 6.07) is 12.9.